The molecule has 3 aliphatic rings. The number of hydrogen-bond acceptors (Lipinski definition) is 0. The second kappa shape index (κ2) is 1.24. The first kappa shape index (κ1) is 5.11. The van der Waals surface area contributed by atoms with Gasteiger partial charge < -0.3 is 0 Å². The van der Waals surface area contributed by atoms with Crippen LogP contribution in [0, 0.1) is 17.3 Å². The summed E-state index contributed by atoms with van der Waals surface area (Å²) in [6.07, 6.45) is 2.28. The summed E-state index contributed by atoms with van der Waals surface area (Å²) in [6.45, 7) is 4.45. The maximum atomic E-state index is 3.27. The Hall–Kier alpha value is -0.700. The van der Waals surface area contributed by atoms with E-state index in [0.29, 0.717) is 5.41 Å². The molecule has 0 amide bonds. The van der Waals surface area contributed by atoms with E-state index in [-0.39, 0.29) is 0 Å². The van der Waals surface area contributed by atoms with E-state index in [1.807, 2.05) is 0 Å². The number of allylic oxidation sites excluding steroid dienone is 2. The molecule has 0 N–H and O–H groups in total. The fourth-order valence-electron chi connectivity index (χ4n) is 1.65. The molecule has 0 fully saturated rings. The normalized spacial score (nSPS) is 37.1. The van der Waals surface area contributed by atoms with Gasteiger partial charge in [0.15, 0.2) is 0 Å². The third kappa shape index (κ3) is 0.452. The zero-order valence-corrected chi connectivity index (χ0v) is 5.91. The first-order chi connectivity index (χ1) is 4.22. The third-order valence-corrected chi connectivity index (χ3v) is 2.59. The van der Waals surface area contributed by atoms with Gasteiger partial charge in [0.2, 0.25) is 0 Å². The molecule has 0 spiro atoms. The first-order valence-electron chi connectivity index (χ1n) is 3.41. The predicted octanol–water partition coefficient (Wildman–Crippen LogP) is 2.12. The van der Waals surface area contributed by atoms with E-state index in [9.17, 15) is 0 Å². The van der Waals surface area contributed by atoms with Crippen LogP contribution in [0.4, 0.5) is 0 Å². The van der Waals surface area contributed by atoms with Gasteiger partial charge in [0.25, 0.3) is 0 Å². The van der Waals surface area contributed by atoms with Crippen molar-refractivity contribution >= 4 is 0 Å². The Kier molecular flexibility index (Phi) is 0.703. The molecule has 0 saturated carbocycles. The van der Waals surface area contributed by atoms with Crippen molar-refractivity contribution in [2.45, 2.75) is 26.7 Å². The number of fused-ring (bicyclic) bond motifs is 1. The van der Waals surface area contributed by atoms with Crippen molar-refractivity contribution in [3.8, 4) is 11.8 Å². The molecule has 0 unspecified atom stereocenters. The van der Waals surface area contributed by atoms with Gasteiger partial charge in [-0.25, -0.2) is 0 Å². The summed E-state index contributed by atoms with van der Waals surface area (Å²) in [5, 5.41) is 0. The van der Waals surface area contributed by atoms with E-state index in [4.69, 9.17) is 0 Å². The fraction of sp³-hybridized carbons (Fsp3) is 0.556. The average Bonchev–Trinajstić information content (AvgIpc) is 1.88. The van der Waals surface area contributed by atoms with Gasteiger partial charge in [-0.2, -0.15) is 0 Å². The van der Waals surface area contributed by atoms with Crippen LogP contribution in [-0.4, -0.2) is 0 Å². The summed E-state index contributed by atoms with van der Waals surface area (Å²) in [6, 6.07) is 0. The molecule has 0 saturated heterocycles. The quantitative estimate of drug-likeness (QED) is 0.337. The van der Waals surface area contributed by atoms with Gasteiger partial charge in [0.1, 0.15) is 0 Å². The highest BCUT2D eigenvalue weighted by molar-refractivity contribution is 5.46. The minimum absolute atomic E-state index is 0.299. The number of hydrogen-bond donors (Lipinski definition) is 0. The maximum Gasteiger partial charge on any atom is 0.0532 e. The van der Waals surface area contributed by atoms with Gasteiger partial charge in [-0.3, -0.25) is 0 Å². The maximum absolute atomic E-state index is 3.27. The molecule has 0 heteroatoms. The largest absolute Gasteiger partial charge is 0.0979 e. The van der Waals surface area contributed by atoms with Crippen LogP contribution < -0.4 is 0 Å². The van der Waals surface area contributed by atoms with Crippen LogP contribution in [0.25, 0.3) is 0 Å². The van der Waals surface area contributed by atoms with E-state index in [1.165, 1.54) is 6.42 Å². The van der Waals surface area contributed by atoms with Gasteiger partial charge >= 0.3 is 0 Å². The van der Waals surface area contributed by atoms with Gasteiger partial charge in [0.05, 0.1) is 5.41 Å². The zero-order chi connectivity index (χ0) is 6.48. The minimum Gasteiger partial charge on any atom is -0.0979 e. The summed E-state index contributed by atoms with van der Waals surface area (Å²) in [5.41, 5.74) is 3.44. The Labute approximate surface area is 56.0 Å². The summed E-state index contributed by atoms with van der Waals surface area (Å²) >= 11 is 0. The van der Waals surface area contributed by atoms with Crippen LogP contribution in [-0.2, 0) is 0 Å². The summed E-state index contributed by atoms with van der Waals surface area (Å²) < 4.78 is 0. The molecule has 0 aromatic heterocycles. The molecule has 9 heavy (non-hydrogen) atoms. The molecule has 46 valence electrons. The molecule has 0 radical (unpaired) electrons. The Balaban J connectivity index is 2.50. The zero-order valence-electron chi connectivity index (χ0n) is 5.91. The van der Waals surface area contributed by atoms with Gasteiger partial charge in [0, 0.05) is 6.42 Å². The van der Waals surface area contributed by atoms with Crippen molar-refractivity contribution in [3.05, 3.63) is 11.1 Å². The van der Waals surface area contributed by atoms with E-state index < -0.39 is 0 Å². The van der Waals surface area contributed by atoms with Gasteiger partial charge in [-0.1, -0.05) is 23.0 Å². The highest BCUT2D eigenvalue weighted by atomic mass is 14.4. The molecule has 0 heterocycles. The standard InChI is InChI=1S/C9H10/c1-7-8-4-3-5-9(7,2)6-8/h4,6H2,1-2H3/t9-/m0/s1. The van der Waals surface area contributed by atoms with Crippen LogP contribution in [0.3, 0.4) is 0 Å². The molecule has 2 bridgehead atoms. The number of rotatable bonds is 0. The molecular weight excluding hydrogens is 108 g/mol. The Bertz CT molecular complexity index is 247. The Morgan fingerprint density at radius 3 is 2.67 bits per heavy atom. The molecule has 0 aromatic rings. The van der Waals surface area contributed by atoms with Crippen LogP contribution in [0.1, 0.15) is 26.7 Å². The lowest BCUT2D eigenvalue weighted by atomic mass is 9.63. The topological polar surface area (TPSA) is 0 Å². The van der Waals surface area contributed by atoms with Crippen LogP contribution >= 0.6 is 0 Å². The Morgan fingerprint density at radius 1 is 1.56 bits per heavy atom. The molecule has 1 atom stereocenters. The van der Waals surface area contributed by atoms with E-state index in [1.54, 1.807) is 11.1 Å². The van der Waals surface area contributed by atoms with Crippen molar-refractivity contribution in [2.24, 2.45) is 5.41 Å². The van der Waals surface area contributed by atoms with Crippen LogP contribution in [0.5, 0.6) is 0 Å². The smallest absolute Gasteiger partial charge is 0.0532 e. The molecule has 3 aliphatic carbocycles. The van der Waals surface area contributed by atoms with Crippen molar-refractivity contribution < 1.29 is 0 Å². The lowest BCUT2D eigenvalue weighted by Crippen LogP contribution is -2.29. The van der Waals surface area contributed by atoms with Gasteiger partial charge in [-0.15, -0.1) is 0 Å². The first-order valence-corrected chi connectivity index (χ1v) is 3.41. The molecule has 0 nitrogen and oxygen atoms in total. The fourth-order valence-corrected chi connectivity index (χ4v) is 1.65. The molecular formula is C9H10. The van der Waals surface area contributed by atoms with E-state index in [0.717, 1.165) is 6.42 Å². The predicted molar refractivity (Wildman–Crippen MR) is 37.8 cm³/mol. The van der Waals surface area contributed by atoms with Crippen LogP contribution in [0.2, 0.25) is 0 Å². The second-order valence-electron chi connectivity index (χ2n) is 3.22. The van der Waals surface area contributed by atoms with Crippen molar-refractivity contribution in [2.75, 3.05) is 0 Å². The third-order valence-electron chi connectivity index (χ3n) is 2.59. The molecule has 3 rings (SSSR count). The van der Waals surface area contributed by atoms with Gasteiger partial charge in [-0.05, 0) is 20.3 Å². The summed E-state index contributed by atoms with van der Waals surface area (Å²) in [5.74, 6) is 6.41. The van der Waals surface area contributed by atoms with Crippen molar-refractivity contribution in [3.63, 3.8) is 0 Å². The monoisotopic (exact) mass is 118 g/mol. The van der Waals surface area contributed by atoms with E-state index in [2.05, 4.69) is 25.7 Å². The Morgan fingerprint density at radius 2 is 2.33 bits per heavy atom. The second-order valence-corrected chi connectivity index (χ2v) is 3.22. The SMILES string of the molecule is CC1=C2CC#C[C@@]1(C)C2. The lowest BCUT2D eigenvalue weighted by molar-refractivity contribution is 0.441. The summed E-state index contributed by atoms with van der Waals surface area (Å²) in [7, 11) is 0. The van der Waals surface area contributed by atoms with E-state index >= 15 is 0 Å². The van der Waals surface area contributed by atoms with Crippen LogP contribution in [0.15, 0.2) is 11.1 Å². The lowest BCUT2D eigenvalue weighted by Gasteiger charge is -2.40. The summed E-state index contributed by atoms with van der Waals surface area (Å²) in [4.78, 5) is 0. The van der Waals surface area contributed by atoms with Crippen molar-refractivity contribution in [1.29, 1.82) is 0 Å². The molecule has 0 aromatic carbocycles. The van der Waals surface area contributed by atoms with Crippen molar-refractivity contribution in [1.82, 2.24) is 0 Å². The average molecular weight is 118 g/mol. The minimum atomic E-state index is 0.299. The molecule has 0 aliphatic heterocycles. The highest BCUT2D eigenvalue weighted by Gasteiger charge is 2.37. The highest BCUT2D eigenvalue weighted by Crippen LogP contribution is 2.48.